The van der Waals surface area contributed by atoms with E-state index in [1.165, 1.54) is 32.4 Å². The van der Waals surface area contributed by atoms with Gasteiger partial charge in [0.05, 0.1) is 6.04 Å². The van der Waals surface area contributed by atoms with E-state index in [9.17, 15) is 22.8 Å². The standard InChI is InChI=1S/C19H26F3N5O2S/c1-27(18-26-25-17(30-18)19(20,21)22)15(28)8-7-13(11-12-5-3-2-4-6-12)24-16(29)14-9-10-23-14/h7-8,12-14,23H,2-6,9-11H2,1H3,(H,24,29)/b8-7+/t13-,14+/m1/s1. The number of carbonyl (C=O) groups excluding carboxylic acids is 2. The highest BCUT2D eigenvalue weighted by molar-refractivity contribution is 7.15. The molecule has 30 heavy (non-hydrogen) atoms. The topological polar surface area (TPSA) is 87.2 Å². The molecule has 2 amide bonds. The van der Waals surface area contributed by atoms with Gasteiger partial charge in [0, 0.05) is 19.2 Å². The first kappa shape index (κ1) is 22.7. The lowest BCUT2D eigenvalue weighted by atomic mass is 9.84. The number of aromatic nitrogens is 2. The number of rotatable bonds is 7. The third-order valence-corrected chi connectivity index (χ3v) is 6.57. The molecule has 1 saturated carbocycles. The van der Waals surface area contributed by atoms with Gasteiger partial charge in [-0.1, -0.05) is 49.5 Å². The monoisotopic (exact) mass is 445 g/mol. The van der Waals surface area contributed by atoms with E-state index in [1.54, 1.807) is 6.08 Å². The van der Waals surface area contributed by atoms with Crippen molar-refractivity contribution < 1.29 is 22.8 Å². The highest BCUT2D eigenvalue weighted by Crippen LogP contribution is 2.34. The van der Waals surface area contributed by atoms with Crippen molar-refractivity contribution in [1.82, 2.24) is 20.8 Å². The molecule has 7 nitrogen and oxygen atoms in total. The lowest BCUT2D eigenvalue weighted by Crippen LogP contribution is -2.55. The van der Waals surface area contributed by atoms with E-state index in [2.05, 4.69) is 20.8 Å². The van der Waals surface area contributed by atoms with Crippen LogP contribution in [0.1, 0.15) is 50.0 Å². The summed E-state index contributed by atoms with van der Waals surface area (Å²) in [7, 11) is 1.35. The zero-order valence-electron chi connectivity index (χ0n) is 16.7. The fraction of sp³-hybridized carbons (Fsp3) is 0.684. The van der Waals surface area contributed by atoms with Gasteiger partial charge in [-0.2, -0.15) is 13.2 Å². The summed E-state index contributed by atoms with van der Waals surface area (Å²) in [5.41, 5.74) is 0. The highest BCUT2D eigenvalue weighted by atomic mass is 32.1. The molecule has 1 aromatic heterocycles. The van der Waals surface area contributed by atoms with Crippen molar-refractivity contribution >= 4 is 28.3 Å². The Balaban J connectivity index is 1.64. The molecule has 2 heterocycles. The van der Waals surface area contributed by atoms with Crippen LogP contribution in [0.5, 0.6) is 0 Å². The Hall–Kier alpha value is -2.01. The van der Waals surface area contributed by atoms with Crippen molar-refractivity contribution in [3.8, 4) is 0 Å². The molecule has 1 aliphatic carbocycles. The number of alkyl halides is 3. The predicted octanol–water partition coefficient (Wildman–Crippen LogP) is 2.89. The average Bonchev–Trinajstić information content (AvgIpc) is 3.15. The lowest BCUT2D eigenvalue weighted by Gasteiger charge is -2.30. The van der Waals surface area contributed by atoms with Crippen molar-refractivity contribution in [1.29, 1.82) is 0 Å². The summed E-state index contributed by atoms with van der Waals surface area (Å²) >= 11 is 0.310. The molecule has 0 unspecified atom stereocenters. The minimum absolute atomic E-state index is 0.0912. The normalized spacial score (nSPS) is 21.3. The largest absolute Gasteiger partial charge is 0.445 e. The van der Waals surface area contributed by atoms with Crippen LogP contribution in [0.2, 0.25) is 0 Å². The van der Waals surface area contributed by atoms with Crippen molar-refractivity contribution in [2.24, 2.45) is 5.92 Å². The van der Waals surface area contributed by atoms with Crippen LogP contribution in [-0.2, 0) is 15.8 Å². The average molecular weight is 446 g/mol. The van der Waals surface area contributed by atoms with Gasteiger partial charge in [-0.05, 0) is 25.3 Å². The summed E-state index contributed by atoms with van der Waals surface area (Å²) < 4.78 is 38.1. The van der Waals surface area contributed by atoms with Crippen LogP contribution in [0, 0.1) is 5.92 Å². The van der Waals surface area contributed by atoms with Crippen LogP contribution in [0.4, 0.5) is 18.3 Å². The molecule has 2 N–H and O–H groups in total. The van der Waals surface area contributed by atoms with Crippen LogP contribution in [0.3, 0.4) is 0 Å². The summed E-state index contributed by atoms with van der Waals surface area (Å²) in [4.78, 5) is 25.8. The number of hydrogen-bond acceptors (Lipinski definition) is 6. The maximum absolute atomic E-state index is 12.7. The Bertz CT molecular complexity index is 772. The zero-order valence-corrected chi connectivity index (χ0v) is 17.6. The van der Waals surface area contributed by atoms with Crippen molar-refractivity contribution in [2.75, 3.05) is 18.5 Å². The molecule has 2 aliphatic rings. The summed E-state index contributed by atoms with van der Waals surface area (Å²) in [5.74, 6) is -0.135. The van der Waals surface area contributed by atoms with E-state index in [0.717, 1.165) is 37.1 Å². The number of halogens is 3. The van der Waals surface area contributed by atoms with E-state index in [0.29, 0.717) is 17.3 Å². The van der Waals surface area contributed by atoms with Gasteiger partial charge in [0.25, 0.3) is 5.91 Å². The predicted molar refractivity (Wildman–Crippen MR) is 107 cm³/mol. The second-order valence-corrected chi connectivity index (χ2v) is 8.75. The van der Waals surface area contributed by atoms with Gasteiger partial charge in [-0.25, -0.2) is 0 Å². The molecule has 1 aliphatic heterocycles. The Morgan fingerprint density at radius 2 is 1.97 bits per heavy atom. The fourth-order valence-electron chi connectivity index (χ4n) is 3.63. The maximum Gasteiger partial charge on any atom is 0.445 e. The van der Waals surface area contributed by atoms with Crippen LogP contribution in [0.25, 0.3) is 0 Å². The van der Waals surface area contributed by atoms with E-state index < -0.39 is 17.1 Å². The Morgan fingerprint density at radius 3 is 2.53 bits per heavy atom. The Kier molecular flexibility index (Phi) is 7.45. The molecule has 0 spiro atoms. The first-order valence-electron chi connectivity index (χ1n) is 10.1. The van der Waals surface area contributed by atoms with Crippen molar-refractivity contribution in [3.63, 3.8) is 0 Å². The summed E-state index contributed by atoms with van der Waals surface area (Å²) in [5, 5.41) is 11.4. The number of amides is 2. The summed E-state index contributed by atoms with van der Waals surface area (Å²) in [6.45, 7) is 0.812. The molecule has 2 fully saturated rings. The van der Waals surface area contributed by atoms with E-state index in [1.807, 2.05) is 0 Å². The quantitative estimate of drug-likeness (QED) is 0.631. The van der Waals surface area contributed by atoms with Gasteiger partial charge in [-0.15, -0.1) is 10.2 Å². The SMILES string of the molecule is CN(C(=O)/C=C/[C@H](CC1CCCCC1)NC(=O)[C@@H]1CCN1)c1nnc(C(F)(F)F)s1. The highest BCUT2D eigenvalue weighted by Gasteiger charge is 2.36. The Labute approximate surface area is 177 Å². The van der Waals surface area contributed by atoms with Crippen LogP contribution < -0.4 is 15.5 Å². The van der Waals surface area contributed by atoms with Gasteiger partial charge in [-0.3, -0.25) is 14.5 Å². The molecule has 1 saturated heterocycles. The molecule has 1 aromatic rings. The van der Waals surface area contributed by atoms with Gasteiger partial charge in [0.2, 0.25) is 16.0 Å². The molecule has 0 radical (unpaired) electrons. The lowest BCUT2D eigenvalue weighted by molar-refractivity contribution is -0.138. The van der Waals surface area contributed by atoms with Crippen LogP contribution >= 0.6 is 11.3 Å². The summed E-state index contributed by atoms with van der Waals surface area (Å²) in [6, 6.07) is -0.506. The molecule has 0 bridgehead atoms. The minimum atomic E-state index is -4.60. The molecule has 2 atom stereocenters. The smallest absolute Gasteiger partial charge is 0.349 e. The number of carbonyl (C=O) groups is 2. The van der Waals surface area contributed by atoms with E-state index in [4.69, 9.17) is 0 Å². The van der Waals surface area contributed by atoms with E-state index >= 15 is 0 Å². The molecule has 3 rings (SSSR count). The Morgan fingerprint density at radius 1 is 1.27 bits per heavy atom. The molecule has 166 valence electrons. The van der Waals surface area contributed by atoms with Crippen LogP contribution in [0.15, 0.2) is 12.2 Å². The number of nitrogens with one attached hydrogen (secondary N) is 2. The van der Waals surface area contributed by atoms with E-state index in [-0.39, 0.29) is 23.1 Å². The van der Waals surface area contributed by atoms with Gasteiger partial charge in [0.15, 0.2) is 0 Å². The van der Waals surface area contributed by atoms with Crippen LogP contribution in [-0.4, -0.2) is 47.7 Å². The van der Waals surface area contributed by atoms with Crippen molar-refractivity contribution in [2.45, 2.75) is 63.2 Å². The number of hydrogen-bond donors (Lipinski definition) is 2. The molecular weight excluding hydrogens is 419 g/mol. The second-order valence-electron chi connectivity index (χ2n) is 7.79. The fourth-order valence-corrected chi connectivity index (χ4v) is 4.31. The number of likely N-dealkylation sites (N-methyl/N-ethyl adjacent to an activating group) is 1. The third kappa shape index (κ3) is 6.00. The number of anilines is 1. The molecule has 11 heteroatoms. The first-order chi connectivity index (χ1) is 14.2. The summed E-state index contributed by atoms with van der Waals surface area (Å²) in [6.07, 6.45) is 5.60. The van der Waals surface area contributed by atoms with Crippen molar-refractivity contribution in [3.05, 3.63) is 17.2 Å². The first-order valence-corrected chi connectivity index (χ1v) is 11.0. The van der Waals surface area contributed by atoms with Gasteiger partial charge >= 0.3 is 6.18 Å². The zero-order chi connectivity index (χ0) is 21.7. The molecular formula is C19H26F3N5O2S. The molecule has 0 aromatic carbocycles. The van der Waals surface area contributed by atoms with Gasteiger partial charge < -0.3 is 10.6 Å². The second kappa shape index (κ2) is 9.86. The number of nitrogens with zero attached hydrogens (tertiary/aromatic N) is 3. The minimum Gasteiger partial charge on any atom is -0.349 e. The third-order valence-electron chi connectivity index (χ3n) is 5.53. The van der Waals surface area contributed by atoms with Gasteiger partial charge in [0.1, 0.15) is 0 Å². The maximum atomic E-state index is 12.7.